The Morgan fingerprint density at radius 2 is 1.38 bits per heavy atom. The van der Waals surface area contributed by atoms with Crippen molar-refractivity contribution < 1.29 is 18.8 Å². The molecule has 0 radical (unpaired) electrons. The summed E-state index contributed by atoms with van der Waals surface area (Å²) in [6.07, 6.45) is 16.9. The molecular weight excluding hydrogens is 482 g/mol. The Labute approximate surface area is 239 Å². The summed E-state index contributed by atoms with van der Waals surface area (Å²) in [5.41, 5.74) is 2.64. The first-order valence-electron chi connectivity index (χ1n) is 15.7. The van der Waals surface area contributed by atoms with E-state index in [1.165, 1.54) is 75.3 Å². The van der Waals surface area contributed by atoms with E-state index in [-0.39, 0.29) is 5.97 Å². The summed E-state index contributed by atoms with van der Waals surface area (Å²) in [4.78, 5) is 12.5. The molecule has 218 valence electrons. The van der Waals surface area contributed by atoms with E-state index in [0.717, 1.165) is 42.6 Å². The second kappa shape index (κ2) is 19.7. The third kappa shape index (κ3) is 15.8. The molecule has 2 rings (SSSR count). The molecule has 0 N–H and O–H groups in total. The predicted octanol–water partition coefficient (Wildman–Crippen LogP) is 9.26. The van der Waals surface area contributed by atoms with Crippen molar-refractivity contribution in [1.29, 1.82) is 0 Å². The molecule has 1 atom stereocenters. The van der Waals surface area contributed by atoms with Crippen molar-refractivity contribution in [3.05, 3.63) is 65.7 Å². The normalized spacial score (nSPS) is 12.3. The monoisotopic (exact) mass is 538 g/mol. The maximum atomic E-state index is 12.5. The first-order chi connectivity index (χ1) is 18.9. The lowest BCUT2D eigenvalue weighted by Gasteiger charge is -2.30. The lowest BCUT2D eigenvalue weighted by atomic mass is 10.0. The van der Waals surface area contributed by atoms with Crippen molar-refractivity contribution in [2.75, 3.05) is 20.6 Å². The number of carbonyl (C=O) groups is 1. The number of rotatable bonds is 22. The Morgan fingerprint density at radius 3 is 2.05 bits per heavy atom. The van der Waals surface area contributed by atoms with Crippen molar-refractivity contribution in [2.45, 2.75) is 123 Å². The highest BCUT2D eigenvalue weighted by atomic mass is 16.7. The molecule has 0 aromatic heterocycles. The van der Waals surface area contributed by atoms with Crippen molar-refractivity contribution in [2.24, 2.45) is 0 Å². The minimum atomic E-state index is -0.532. The molecule has 0 aliphatic rings. The van der Waals surface area contributed by atoms with Crippen molar-refractivity contribution in [1.82, 2.24) is 0 Å². The maximum absolute atomic E-state index is 12.5. The van der Waals surface area contributed by atoms with Crippen LogP contribution in [0.5, 0.6) is 5.75 Å². The van der Waals surface area contributed by atoms with Crippen LogP contribution in [0.4, 0.5) is 0 Å². The lowest BCUT2D eigenvalue weighted by molar-refractivity contribution is -0.903. The number of hydrogen-bond donors (Lipinski definition) is 0. The fourth-order valence-electron chi connectivity index (χ4n) is 5.10. The lowest BCUT2D eigenvalue weighted by Crippen LogP contribution is -2.39. The number of aryl methyl sites for hydroxylation is 1. The first kappa shape index (κ1) is 32.9. The molecule has 2 aromatic carbocycles. The fraction of sp³-hybridized carbons (Fsp3) is 0.629. The van der Waals surface area contributed by atoms with Gasteiger partial charge in [0, 0.05) is 18.4 Å². The summed E-state index contributed by atoms with van der Waals surface area (Å²) in [5.74, 6) is 0.621. The second-order valence-corrected chi connectivity index (χ2v) is 11.8. The second-order valence-electron chi connectivity index (χ2n) is 11.8. The summed E-state index contributed by atoms with van der Waals surface area (Å²) in [7, 11) is 4.49. The van der Waals surface area contributed by atoms with Crippen LogP contribution in [0, 0.1) is 0 Å². The van der Waals surface area contributed by atoms with Gasteiger partial charge >= 0.3 is 5.97 Å². The molecule has 4 heteroatoms. The fourth-order valence-corrected chi connectivity index (χ4v) is 5.10. The van der Waals surface area contributed by atoms with Crippen molar-refractivity contribution in [3.63, 3.8) is 0 Å². The first-order valence-corrected chi connectivity index (χ1v) is 15.7. The number of ether oxygens (including phenoxy) is 2. The molecule has 0 aliphatic carbocycles. The van der Waals surface area contributed by atoms with Gasteiger partial charge in [0.25, 0.3) is 0 Å². The number of nitrogens with zero attached hydrogens (tertiary/aromatic N) is 1. The van der Waals surface area contributed by atoms with Crippen molar-refractivity contribution in [3.8, 4) is 5.75 Å². The molecule has 0 spiro atoms. The smallest absolute Gasteiger partial charge is 0.308 e. The van der Waals surface area contributed by atoms with Crippen LogP contribution in [0.25, 0.3) is 0 Å². The number of quaternary nitrogens is 1. The molecule has 0 fully saturated rings. The zero-order chi connectivity index (χ0) is 28.2. The van der Waals surface area contributed by atoms with Crippen LogP contribution in [0.1, 0.15) is 115 Å². The van der Waals surface area contributed by atoms with Gasteiger partial charge in [-0.2, -0.15) is 0 Å². The molecule has 39 heavy (non-hydrogen) atoms. The van der Waals surface area contributed by atoms with Gasteiger partial charge in [-0.1, -0.05) is 114 Å². The van der Waals surface area contributed by atoms with Gasteiger partial charge in [0.2, 0.25) is 6.29 Å². The third-order valence-corrected chi connectivity index (χ3v) is 7.43. The molecule has 0 saturated heterocycles. The largest absolute Gasteiger partial charge is 0.455 e. The van der Waals surface area contributed by atoms with E-state index >= 15 is 0 Å². The van der Waals surface area contributed by atoms with E-state index in [1.807, 2.05) is 19.1 Å². The molecule has 0 heterocycles. The quantitative estimate of drug-likeness (QED) is 0.0648. The average molecular weight is 539 g/mol. The standard InChI is InChI=1S/C35H56NO3/c1-5-7-8-9-10-11-12-13-14-16-22-31-25-21-26-33(29-31)38-35(6-2)39-34(37)27-19-20-28-36(3,4)30-32-23-17-15-18-24-32/h15,17-18,21,23-26,29,35H,5-14,16,19-20,22,27-28,30H2,1-4H3/q+1. The average Bonchev–Trinajstić information content (AvgIpc) is 2.92. The molecule has 0 amide bonds. The highest BCUT2D eigenvalue weighted by molar-refractivity contribution is 5.69. The van der Waals surface area contributed by atoms with Gasteiger partial charge in [0.15, 0.2) is 0 Å². The molecule has 4 nitrogen and oxygen atoms in total. The van der Waals surface area contributed by atoms with Crippen LogP contribution in [-0.4, -0.2) is 37.4 Å². The van der Waals surface area contributed by atoms with Gasteiger partial charge in [-0.15, -0.1) is 0 Å². The van der Waals surface area contributed by atoms with Gasteiger partial charge in [0.1, 0.15) is 12.3 Å². The van der Waals surface area contributed by atoms with E-state index in [1.54, 1.807) is 0 Å². The van der Waals surface area contributed by atoms with E-state index in [9.17, 15) is 4.79 Å². The van der Waals surface area contributed by atoms with Crippen LogP contribution < -0.4 is 4.74 Å². The number of benzene rings is 2. The van der Waals surface area contributed by atoms with Crippen molar-refractivity contribution >= 4 is 5.97 Å². The zero-order valence-electron chi connectivity index (χ0n) is 25.5. The van der Waals surface area contributed by atoms with E-state index < -0.39 is 6.29 Å². The van der Waals surface area contributed by atoms with Crippen LogP contribution >= 0.6 is 0 Å². The number of unbranched alkanes of at least 4 members (excludes halogenated alkanes) is 10. The Balaban J connectivity index is 1.61. The summed E-state index contributed by atoms with van der Waals surface area (Å²) in [6.45, 7) is 6.29. The van der Waals surface area contributed by atoms with Crippen LogP contribution in [0.3, 0.4) is 0 Å². The van der Waals surface area contributed by atoms with Gasteiger partial charge < -0.3 is 14.0 Å². The number of esters is 1. The Kier molecular flexibility index (Phi) is 16.6. The van der Waals surface area contributed by atoms with Gasteiger partial charge in [-0.05, 0) is 43.4 Å². The van der Waals surface area contributed by atoms with Crippen LogP contribution in [0.2, 0.25) is 0 Å². The van der Waals surface area contributed by atoms with Gasteiger partial charge in [-0.3, -0.25) is 4.79 Å². The minimum Gasteiger partial charge on any atom is -0.455 e. The molecule has 0 saturated carbocycles. The topological polar surface area (TPSA) is 35.5 Å². The van der Waals surface area contributed by atoms with Crippen LogP contribution in [0.15, 0.2) is 54.6 Å². The van der Waals surface area contributed by atoms with Crippen LogP contribution in [-0.2, 0) is 22.5 Å². The Bertz CT molecular complexity index is 896. The molecule has 0 bridgehead atoms. The molecule has 1 unspecified atom stereocenters. The van der Waals surface area contributed by atoms with E-state index in [4.69, 9.17) is 9.47 Å². The maximum Gasteiger partial charge on any atom is 0.308 e. The molecule has 0 aliphatic heterocycles. The zero-order valence-corrected chi connectivity index (χ0v) is 25.5. The molecule has 2 aromatic rings. The van der Waals surface area contributed by atoms with E-state index in [2.05, 4.69) is 63.5 Å². The number of hydrogen-bond acceptors (Lipinski definition) is 3. The predicted molar refractivity (Wildman–Crippen MR) is 164 cm³/mol. The number of carbonyl (C=O) groups excluding carboxylic acids is 1. The third-order valence-electron chi connectivity index (χ3n) is 7.43. The van der Waals surface area contributed by atoms with E-state index in [0.29, 0.717) is 12.8 Å². The summed E-state index contributed by atoms with van der Waals surface area (Å²) >= 11 is 0. The molecular formula is C35H56NO3+. The Morgan fingerprint density at radius 1 is 0.744 bits per heavy atom. The summed E-state index contributed by atoms with van der Waals surface area (Å²) in [6, 6.07) is 18.9. The highest BCUT2D eigenvalue weighted by Crippen LogP contribution is 2.20. The summed E-state index contributed by atoms with van der Waals surface area (Å²) < 4.78 is 12.6. The SMILES string of the molecule is CCCCCCCCCCCCc1cccc(OC(CC)OC(=O)CCCC[N+](C)(C)Cc2ccccc2)c1. The Hall–Kier alpha value is -2.33. The highest BCUT2D eigenvalue weighted by Gasteiger charge is 2.17. The minimum absolute atomic E-state index is 0.170. The van der Waals surface area contributed by atoms with Gasteiger partial charge in [-0.25, -0.2) is 0 Å². The van der Waals surface area contributed by atoms with Gasteiger partial charge in [0.05, 0.1) is 20.6 Å². The summed E-state index contributed by atoms with van der Waals surface area (Å²) in [5, 5.41) is 0.